The summed E-state index contributed by atoms with van der Waals surface area (Å²) in [5.41, 5.74) is -3.72. The Morgan fingerprint density at radius 1 is 0.852 bits per heavy atom. The third kappa shape index (κ3) is 7.94. The SMILES string of the molecule is CCCCCC(O)C#CC#CC(O)c1cc(C(F)(F)F)cc(C(F)(F)F)c1. The first-order valence-electron chi connectivity index (χ1n) is 8.11. The minimum atomic E-state index is -5.01. The predicted molar refractivity (Wildman–Crippen MR) is 87.1 cm³/mol. The molecule has 2 nitrogen and oxygen atoms in total. The van der Waals surface area contributed by atoms with Gasteiger partial charge in [0.2, 0.25) is 0 Å². The third-order valence-electron chi connectivity index (χ3n) is 3.52. The van der Waals surface area contributed by atoms with Crippen LogP contribution in [0.25, 0.3) is 0 Å². The topological polar surface area (TPSA) is 40.5 Å². The van der Waals surface area contributed by atoms with E-state index < -0.39 is 41.3 Å². The number of aliphatic hydroxyl groups is 2. The maximum Gasteiger partial charge on any atom is 0.416 e. The van der Waals surface area contributed by atoms with E-state index in [-0.39, 0.29) is 6.07 Å². The molecule has 0 saturated heterocycles. The number of benzene rings is 1. The van der Waals surface area contributed by atoms with Gasteiger partial charge < -0.3 is 10.2 Å². The Morgan fingerprint density at radius 2 is 1.37 bits per heavy atom. The highest BCUT2D eigenvalue weighted by atomic mass is 19.4. The van der Waals surface area contributed by atoms with E-state index in [1.54, 1.807) is 0 Å². The van der Waals surface area contributed by atoms with Gasteiger partial charge in [-0.25, -0.2) is 0 Å². The number of hydrogen-bond acceptors (Lipinski definition) is 2. The Bertz CT molecular complexity index is 712. The second kappa shape index (κ2) is 9.68. The number of aliphatic hydroxyl groups excluding tert-OH is 2. The molecule has 2 unspecified atom stereocenters. The van der Waals surface area contributed by atoms with Crippen LogP contribution in [0, 0.1) is 23.7 Å². The normalized spacial score (nSPS) is 13.8. The molecule has 8 heteroatoms. The average Bonchev–Trinajstić information content (AvgIpc) is 2.56. The Hall–Kier alpha value is -2.16. The molecular weight excluding hydrogens is 374 g/mol. The van der Waals surface area contributed by atoms with Crippen molar-refractivity contribution in [2.24, 2.45) is 0 Å². The Labute approximate surface area is 153 Å². The molecule has 0 aliphatic carbocycles. The average molecular weight is 392 g/mol. The molecule has 0 aromatic heterocycles. The molecule has 0 fully saturated rings. The van der Waals surface area contributed by atoms with Crippen LogP contribution in [0.3, 0.4) is 0 Å². The first kappa shape index (κ1) is 22.9. The van der Waals surface area contributed by atoms with Gasteiger partial charge in [-0.05, 0) is 48.4 Å². The molecule has 0 aliphatic heterocycles. The zero-order chi connectivity index (χ0) is 20.7. The van der Waals surface area contributed by atoms with Crippen LogP contribution in [-0.2, 0) is 12.4 Å². The lowest BCUT2D eigenvalue weighted by Crippen LogP contribution is -2.12. The molecular formula is C19H18F6O2. The van der Waals surface area contributed by atoms with E-state index in [9.17, 15) is 36.6 Å². The largest absolute Gasteiger partial charge is 0.416 e. The fourth-order valence-corrected chi connectivity index (χ4v) is 2.10. The highest BCUT2D eigenvalue weighted by Crippen LogP contribution is 2.37. The first-order valence-corrected chi connectivity index (χ1v) is 8.11. The van der Waals surface area contributed by atoms with Crippen LogP contribution in [0.5, 0.6) is 0 Å². The van der Waals surface area contributed by atoms with Crippen molar-refractivity contribution in [1.29, 1.82) is 0 Å². The van der Waals surface area contributed by atoms with Crippen LogP contribution in [0.1, 0.15) is 55.4 Å². The fraction of sp³-hybridized carbons (Fsp3) is 0.474. The van der Waals surface area contributed by atoms with Crippen molar-refractivity contribution in [3.05, 3.63) is 34.9 Å². The van der Waals surface area contributed by atoms with Crippen LogP contribution in [0.4, 0.5) is 26.3 Å². The van der Waals surface area contributed by atoms with E-state index in [1.165, 1.54) is 0 Å². The molecule has 1 aromatic carbocycles. The zero-order valence-corrected chi connectivity index (χ0v) is 14.4. The minimum Gasteiger partial charge on any atom is -0.380 e. The predicted octanol–water partition coefficient (Wildman–Crippen LogP) is 4.71. The van der Waals surface area contributed by atoms with Gasteiger partial charge in [-0.3, -0.25) is 0 Å². The van der Waals surface area contributed by atoms with Crippen LogP contribution in [0.2, 0.25) is 0 Å². The first-order chi connectivity index (χ1) is 12.4. The molecule has 148 valence electrons. The molecule has 1 rings (SSSR count). The molecule has 0 aliphatic rings. The second-order valence-electron chi connectivity index (χ2n) is 5.79. The van der Waals surface area contributed by atoms with Gasteiger partial charge in [-0.1, -0.05) is 31.6 Å². The summed E-state index contributed by atoms with van der Waals surface area (Å²) < 4.78 is 76.7. The van der Waals surface area contributed by atoms with Gasteiger partial charge in [0, 0.05) is 0 Å². The quantitative estimate of drug-likeness (QED) is 0.433. The highest BCUT2D eigenvalue weighted by Gasteiger charge is 2.37. The lowest BCUT2D eigenvalue weighted by molar-refractivity contribution is -0.143. The molecule has 0 amide bonds. The smallest absolute Gasteiger partial charge is 0.380 e. The molecule has 2 atom stereocenters. The van der Waals surface area contributed by atoms with Crippen molar-refractivity contribution < 1.29 is 36.6 Å². The van der Waals surface area contributed by atoms with E-state index in [0.717, 1.165) is 19.3 Å². The van der Waals surface area contributed by atoms with Gasteiger partial charge in [0.05, 0.1) is 11.1 Å². The summed E-state index contributed by atoms with van der Waals surface area (Å²) in [6, 6.07) is 0.777. The maximum absolute atomic E-state index is 12.8. The van der Waals surface area contributed by atoms with Crippen molar-refractivity contribution in [1.82, 2.24) is 0 Å². The molecule has 0 heterocycles. The summed E-state index contributed by atoms with van der Waals surface area (Å²) >= 11 is 0. The molecule has 2 N–H and O–H groups in total. The second-order valence-corrected chi connectivity index (χ2v) is 5.79. The van der Waals surface area contributed by atoms with Crippen molar-refractivity contribution in [3.8, 4) is 23.7 Å². The molecule has 0 bridgehead atoms. The molecule has 0 radical (unpaired) electrons. The van der Waals surface area contributed by atoms with E-state index in [4.69, 9.17) is 0 Å². The lowest BCUT2D eigenvalue weighted by Gasteiger charge is -2.15. The minimum absolute atomic E-state index is 0.0316. The summed E-state index contributed by atoms with van der Waals surface area (Å²) in [4.78, 5) is 0. The zero-order valence-electron chi connectivity index (χ0n) is 14.4. The Kier molecular flexibility index (Phi) is 8.20. The van der Waals surface area contributed by atoms with E-state index in [2.05, 4.69) is 23.7 Å². The van der Waals surface area contributed by atoms with Gasteiger partial charge in [0.15, 0.2) is 0 Å². The van der Waals surface area contributed by atoms with Crippen LogP contribution in [0.15, 0.2) is 18.2 Å². The third-order valence-corrected chi connectivity index (χ3v) is 3.52. The summed E-state index contributed by atoms with van der Waals surface area (Å²) in [5, 5.41) is 19.4. The Morgan fingerprint density at radius 3 is 1.85 bits per heavy atom. The number of rotatable bonds is 5. The monoisotopic (exact) mass is 392 g/mol. The summed E-state index contributed by atoms with van der Waals surface area (Å²) in [5.74, 6) is 8.82. The van der Waals surface area contributed by atoms with E-state index >= 15 is 0 Å². The summed E-state index contributed by atoms with van der Waals surface area (Å²) in [6.45, 7) is 1.99. The molecule has 0 saturated carbocycles. The summed E-state index contributed by atoms with van der Waals surface area (Å²) in [7, 11) is 0. The van der Waals surface area contributed by atoms with Gasteiger partial charge in [-0.2, -0.15) is 26.3 Å². The number of unbranched alkanes of at least 4 members (excludes halogenated alkanes) is 2. The standard InChI is InChI=1S/C19H18F6O2/c1-2-3-4-7-16(26)8-5-6-9-17(27)13-10-14(18(20,21)22)12-15(11-13)19(23,24)25/h10-12,16-17,26-27H,2-4,7H2,1H3. The number of halogens is 6. The van der Waals surface area contributed by atoms with Crippen LogP contribution >= 0.6 is 0 Å². The van der Waals surface area contributed by atoms with Crippen molar-refractivity contribution in [2.75, 3.05) is 0 Å². The number of hydrogen-bond donors (Lipinski definition) is 2. The van der Waals surface area contributed by atoms with Crippen molar-refractivity contribution in [3.63, 3.8) is 0 Å². The fourth-order valence-electron chi connectivity index (χ4n) is 2.10. The van der Waals surface area contributed by atoms with Gasteiger partial charge >= 0.3 is 12.4 Å². The van der Waals surface area contributed by atoms with Gasteiger partial charge in [0.1, 0.15) is 12.2 Å². The molecule has 0 spiro atoms. The van der Waals surface area contributed by atoms with E-state index in [1.807, 2.05) is 6.92 Å². The van der Waals surface area contributed by atoms with Crippen molar-refractivity contribution >= 4 is 0 Å². The van der Waals surface area contributed by atoms with Crippen LogP contribution in [-0.4, -0.2) is 16.3 Å². The highest BCUT2D eigenvalue weighted by molar-refractivity contribution is 5.39. The van der Waals surface area contributed by atoms with Gasteiger partial charge in [0.25, 0.3) is 0 Å². The number of alkyl halides is 6. The van der Waals surface area contributed by atoms with Crippen LogP contribution < -0.4 is 0 Å². The van der Waals surface area contributed by atoms with Crippen molar-refractivity contribution in [2.45, 2.75) is 57.2 Å². The van der Waals surface area contributed by atoms with Gasteiger partial charge in [-0.15, -0.1) is 0 Å². The van der Waals surface area contributed by atoms with E-state index in [0.29, 0.717) is 18.6 Å². The molecule has 1 aromatic rings. The summed E-state index contributed by atoms with van der Waals surface area (Å²) in [6.07, 6.45) is -9.78. The maximum atomic E-state index is 12.8. The molecule has 27 heavy (non-hydrogen) atoms. The lowest BCUT2D eigenvalue weighted by atomic mass is 10.0. The Balaban J connectivity index is 3.00.